The predicted molar refractivity (Wildman–Crippen MR) is 82.3 cm³/mol. The highest BCUT2D eigenvalue weighted by Crippen LogP contribution is 2.20. The second kappa shape index (κ2) is 4.85. The highest BCUT2D eigenvalue weighted by atomic mass is 16.1. The van der Waals surface area contributed by atoms with Crippen molar-refractivity contribution in [3.05, 3.63) is 65.4 Å². The van der Waals surface area contributed by atoms with Crippen molar-refractivity contribution in [2.75, 3.05) is 5.43 Å². The Bertz CT molecular complexity index is 787. The molecule has 0 saturated carbocycles. The van der Waals surface area contributed by atoms with E-state index < -0.39 is 0 Å². The third-order valence-electron chi connectivity index (χ3n) is 3.42. The van der Waals surface area contributed by atoms with Crippen molar-refractivity contribution in [2.45, 2.75) is 13.8 Å². The van der Waals surface area contributed by atoms with E-state index in [9.17, 15) is 4.79 Å². The predicted octanol–water partition coefficient (Wildman–Crippen LogP) is 3.95. The molecule has 0 bridgehead atoms. The quantitative estimate of drug-likeness (QED) is 0.727. The summed E-state index contributed by atoms with van der Waals surface area (Å²) in [5.41, 5.74) is 8.15. The van der Waals surface area contributed by atoms with E-state index in [1.54, 1.807) is 0 Å². The average molecular weight is 264 g/mol. The molecule has 1 N–H and O–H groups in total. The second-order valence-electron chi connectivity index (χ2n) is 5.07. The summed E-state index contributed by atoms with van der Waals surface area (Å²) in [5.74, 6) is 0. The van der Waals surface area contributed by atoms with Crippen LogP contribution in [-0.4, -0.2) is 11.0 Å². The molecule has 0 aliphatic heterocycles. The number of aryl methyl sites for hydroxylation is 2. The number of rotatable bonds is 3. The Morgan fingerprint density at radius 2 is 1.75 bits per heavy atom. The molecule has 100 valence electrons. The Hall–Kier alpha value is -2.55. The van der Waals surface area contributed by atoms with Crippen molar-refractivity contribution in [1.29, 1.82) is 0 Å². The van der Waals surface area contributed by atoms with Gasteiger partial charge < -0.3 is 0 Å². The molecule has 0 amide bonds. The van der Waals surface area contributed by atoms with Crippen LogP contribution in [0.1, 0.15) is 21.5 Å². The molecule has 1 heterocycles. The highest BCUT2D eigenvalue weighted by molar-refractivity contribution is 5.86. The van der Waals surface area contributed by atoms with Gasteiger partial charge >= 0.3 is 0 Å². The number of hydrogen-bond acceptors (Lipinski definition) is 2. The van der Waals surface area contributed by atoms with Crippen LogP contribution in [0, 0.1) is 13.8 Å². The van der Waals surface area contributed by atoms with E-state index in [1.807, 2.05) is 36.0 Å². The molecule has 0 aliphatic carbocycles. The lowest BCUT2D eigenvalue weighted by molar-refractivity contribution is 0.112. The van der Waals surface area contributed by atoms with Gasteiger partial charge in [0.25, 0.3) is 0 Å². The van der Waals surface area contributed by atoms with Crippen LogP contribution in [0.3, 0.4) is 0 Å². The average Bonchev–Trinajstić information content (AvgIpc) is 2.83. The zero-order valence-electron chi connectivity index (χ0n) is 11.6. The maximum atomic E-state index is 11.2. The zero-order valence-corrected chi connectivity index (χ0v) is 11.6. The van der Waals surface area contributed by atoms with Crippen LogP contribution in [0.25, 0.3) is 10.9 Å². The molecule has 3 rings (SSSR count). The maximum absolute atomic E-state index is 11.2. The number of carbonyl (C=O) groups is 1. The summed E-state index contributed by atoms with van der Waals surface area (Å²) in [6.07, 6.45) is 2.85. The summed E-state index contributed by atoms with van der Waals surface area (Å²) >= 11 is 0. The number of anilines is 1. The molecule has 0 aliphatic rings. The summed E-state index contributed by atoms with van der Waals surface area (Å²) < 4.78 is 1.94. The normalized spacial score (nSPS) is 10.7. The fourth-order valence-electron chi connectivity index (χ4n) is 2.37. The zero-order chi connectivity index (χ0) is 14.1. The monoisotopic (exact) mass is 264 g/mol. The number of benzene rings is 2. The van der Waals surface area contributed by atoms with Crippen LogP contribution in [0.15, 0.2) is 48.7 Å². The van der Waals surface area contributed by atoms with Crippen LogP contribution in [0.5, 0.6) is 0 Å². The van der Waals surface area contributed by atoms with E-state index in [2.05, 4.69) is 36.6 Å². The summed E-state index contributed by atoms with van der Waals surface area (Å²) in [7, 11) is 0. The Balaban J connectivity index is 2.03. The van der Waals surface area contributed by atoms with Crippen LogP contribution in [0.2, 0.25) is 0 Å². The summed E-state index contributed by atoms with van der Waals surface area (Å²) in [5, 5.41) is 1.18. The molecule has 3 heteroatoms. The van der Waals surface area contributed by atoms with Gasteiger partial charge in [-0.25, -0.2) is 0 Å². The minimum atomic E-state index is 0.666. The van der Waals surface area contributed by atoms with Crippen LogP contribution < -0.4 is 5.43 Å². The third kappa shape index (κ3) is 2.18. The molecule has 0 atom stereocenters. The maximum Gasteiger partial charge on any atom is 0.152 e. The third-order valence-corrected chi connectivity index (χ3v) is 3.42. The van der Waals surface area contributed by atoms with Crippen molar-refractivity contribution in [3.8, 4) is 0 Å². The topological polar surface area (TPSA) is 34.0 Å². The summed E-state index contributed by atoms with van der Waals surface area (Å²) in [6.45, 7) is 4.05. The standard InChI is InChI=1S/C17H16N2O/c1-12-3-5-16(15(10-12)11-20)18-19-8-7-14-9-13(2)4-6-17(14)19/h3-11,18H,1-2H3. The molecule has 0 fully saturated rings. The van der Waals surface area contributed by atoms with Gasteiger partial charge in [0, 0.05) is 17.1 Å². The lowest BCUT2D eigenvalue weighted by Gasteiger charge is -2.12. The molecule has 20 heavy (non-hydrogen) atoms. The first-order valence-corrected chi connectivity index (χ1v) is 6.58. The largest absolute Gasteiger partial charge is 0.298 e. The molecule has 0 unspecified atom stereocenters. The number of nitrogens with zero attached hydrogens (tertiary/aromatic N) is 1. The smallest absolute Gasteiger partial charge is 0.152 e. The minimum Gasteiger partial charge on any atom is -0.298 e. The molecule has 0 saturated heterocycles. The second-order valence-corrected chi connectivity index (χ2v) is 5.07. The molecule has 0 radical (unpaired) electrons. The Kier molecular flexibility index (Phi) is 3.03. The van der Waals surface area contributed by atoms with Gasteiger partial charge in [0.05, 0.1) is 11.2 Å². The lowest BCUT2D eigenvalue weighted by Crippen LogP contribution is -2.09. The van der Waals surface area contributed by atoms with Gasteiger partial charge in [0.1, 0.15) is 0 Å². The fraction of sp³-hybridized carbons (Fsp3) is 0.118. The molecule has 3 nitrogen and oxygen atoms in total. The van der Waals surface area contributed by atoms with E-state index in [0.29, 0.717) is 5.56 Å². The lowest BCUT2D eigenvalue weighted by atomic mass is 10.1. The van der Waals surface area contributed by atoms with Crippen molar-refractivity contribution in [2.24, 2.45) is 0 Å². The molecular weight excluding hydrogens is 248 g/mol. The first kappa shape index (κ1) is 12.5. The van der Waals surface area contributed by atoms with E-state index >= 15 is 0 Å². The van der Waals surface area contributed by atoms with Crippen molar-refractivity contribution < 1.29 is 4.79 Å². The van der Waals surface area contributed by atoms with Gasteiger partial charge in [-0.15, -0.1) is 0 Å². The van der Waals surface area contributed by atoms with Crippen molar-refractivity contribution in [3.63, 3.8) is 0 Å². The first-order valence-electron chi connectivity index (χ1n) is 6.58. The fourth-order valence-corrected chi connectivity index (χ4v) is 2.37. The van der Waals surface area contributed by atoms with E-state index in [0.717, 1.165) is 23.1 Å². The number of nitrogens with one attached hydrogen (secondary N) is 1. The first-order chi connectivity index (χ1) is 9.67. The van der Waals surface area contributed by atoms with Gasteiger partial charge in [-0.3, -0.25) is 14.9 Å². The summed E-state index contributed by atoms with van der Waals surface area (Å²) in [6, 6.07) is 14.2. The molecule has 1 aromatic heterocycles. The Morgan fingerprint density at radius 1 is 1.00 bits per heavy atom. The number of fused-ring (bicyclic) bond motifs is 1. The summed E-state index contributed by atoms with van der Waals surface area (Å²) in [4.78, 5) is 11.2. The highest BCUT2D eigenvalue weighted by Gasteiger charge is 2.05. The van der Waals surface area contributed by atoms with E-state index in [-0.39, 0.29) is 0 Å². The van der Waals surface area contributed by atoms with Gasteiger partial charge in [-0.1, -0.05) is 23.3 Å². The Morgan fingerprint density at radius 3 is 2.55 bits per heavy atom. The number of aromatic nitrogens is 1. The van der Waals surface area contributed by atoms with Crippen LogP contribution in [0.4, 0.5) is 5.69 Å². The van der Waals surface area contributed by atoms with E-state index in [1.165, 1.54) is 10.9 Å². The van der Waals surface area contributed by atoms with Crippen molar-refractivity contribution in [1.82, 2.24) is 4.68 Å². The molecule has 2 aromatic carbocycles. The van der Waals surface area contributed by atoms with Gasteiger partial charge in [0.2, 0.25) is 0 Å². The number of hydrogen-bond donors (Lipinski definition) is 1. The Labute approximate surface area is 117 Å². The van der Waals surface area contributed by atoms with Crippen LogP contribution >= 0.6 is 0 Å². The SMILES string of the molecule is Cc1ccc(Nn2ccc3cc(C)ccc32)c(C=O)c1. The number of carbonyl (C=O) groups excluding carboxylic acids is 1. The minimum absolute atomic E-state index is 0.666. The molecule has 3 aromatic rings. The van der Waals surface area contributed by atoms with Gasteiger partial charge in [-0.2, -0.15) is 0 Å². The number of aldehydes is 1. The van der Waals surface area contributed by atoms with Gasteiger partial charge in [-0.05, 0) is 44.2 Å². The van der Waals surface area contributed by atoms with Crippen LogP contribution in [-0.2, 0) is 0 Å². The molecular formula is C17H16N2O. The molecule has 0 spiro atoms. The van der Waals surface area contributed by atoms with Gasteiger partial charge in [0.15, 0.2) is 6.29 Å². The van der Waals surface area contributed by atoms with E-state index in [4.69, 9.17) is 0 Å². The van der Waals surface area contributed by atoms with Crippen molar-refractivity contribution >= 4 is 22.9 Å².